The van der Waals surface area contributed by atoms with Crippen LogP contribution < -0.4 is 5.56 Å². The molecule has 0 amide bonds. The summed E-state index contributed by atoms with van der Waals surface area (Å²) in [7, 11) is 0. The molecule has 112 valence electrons. The van der Waals surface area contributed by atoms with Gasteiger partial charge in [-0.1, -0.05) is 58.2 Å². The van der Waals surface area contributed by atoms with Crippen LogP contribution in [0.3, 0.4) is 0 Å². The van der Waals surface area contributed by atoms with Crippen LogP contribution in [0.4, 0.5) is 0 Å². The molecule has 0 saturated carbocycles. The van der Waals surface area contributed by atoms with Gasteiger partial charge >= 0.3 is 0 Å². The fraction of sp³-hybridized carbons (Fsp3) is 0.143. The number of nitrogens with zero attached hydrogens (tertiary/aromatic N) is 4. The highest BCUT2D eigenvalue weighted by Gasteiger charge is 2.13. The van der Waals surface area contributed by atoms with E-state index in [4.69, 9.17) is 27.7 Å². The van der Waals surface area contributed by atoms with Crippen LogP contribution in [0.2, 0.25) is 10.0 Å². The lowest BCUT2D eigenvalue weighted by molar-refractivity contribution is 0.363. The molecule has 8 heteroatoms. The average Bonchev–Trinajstić information content (AvgIpc) is 2.97. The Balaban J connectivity index is 1.87. The Morgan fingerprint density at radius 1 is 1.23 bits per heavy atom. The Hall–Kier alpha value is -2.18. The molecule has 0 bridgehead atoms. The van der Waals surface area contributed by atoms with Gasteiger partial charge in [0.2, 0.25) is 11.7 Å². The third-order valence-electron chi connectivity index (χ3n) is 3.01. The van der Waals surface area contributed by atoms with Gasteiger partial charge in [0.05, 0.1) is 11.2 Å². The Kier molecular flexibility index (Phi) is 3.96. The van der Waals surface area contributed by atoms with Gasteiger partial charge in [0.25, 0.3) is 5.56 Å². The summed E-state index contributed by atoms with van der Waals surface area (Å²) in [6, 6.07) is 7.70. The topological polar surface area (TPSA) is 73.8 Å². The summed E-state index contributed by atoms with van der Waals surface area (Å²) >= 11 is 11.5. The first-order chi connectivity index (χ1) is 10.5. The Morgan fingerprint density at radius 2 is 1.95 bits per heavy atom. The third-order valence-corrected chi connectivity index (χ3v) is 3.75. The first-order valence-electron chi connectivity index (χ1n) is 6.35. The van der Waals surface area contributed by atoms with Crippen molar-refractivity contribution in [1.29, 1.82) is 0 Å². The fourth-order valence-electron chi connectivity index (χ4n) is 1.82. The molecule has 0 N–H and O–H groups in total. The summed E-state index contributed by atoms with van der Waals surface area (Å²) in [6.45, 7) is 2.02. The van der Waals surface area contributed by atoms with Crippen LogP contribution >= 0.6 is 23.2 Å². The van der Waals surface area contributed by atoms with E-state index in [-0.39, 0.29) is 22.5 Å². The van der Waals surface area contributed by atoms with Gasteiger partial charge in [-0.25, -0.2) is 4.68 Å². The molecular weight excluding hydrogens is 327 g/mol. The van der Waals surface area contributed by atoms with Crippen LogP contribution in [0.25, 0.3) is 11.4 Å². The lowest BCUT2D eigenvalue weighted by Crippen LogP contribution is -2.23. The molecule has 0 aliphatic rings. The standard InChI is InChI=1S/C14H10Cl2N4O2/c1-8-2-4-9(5-3-8)13-18-11(22-19-13)7-20-14(21)12(16)10(15)6-17-20/h2-6H,7H2,1H3. The van der Waals surface area contributed by atoms with Crippen LogP contribution in [0, 0.1) is 6.92 Å². The number of rotatable bonds is 3. The Morgan fingerprint density at radius 3 is 2.68 bits per heavy atom. The summed E-state index contributed by atoms with van der Waals surface area (Å²) in [5.41, 5.74) is 1.46. The summed E-state index contributed by atoms with van der Waals surface area (Å²) in [5.74, 6) is 0.701. The highest BCUT2D eigenvalue weighted by Crippen LogP contribution is 2.17. The molecule has 0 unspecified atom stereocenters. The van der Waals surface area contributed by atoms with Crippen molar-refractivity contribution in [2.45, 2.75) is 13.5 Å². The van der Waals surface area contributed by atoms with Crippen molar-refractivity contribution in [1.82, 2.24) is 19.9 Å². The molecule has 2 aromatic heterocycles. The van der Waals surface area contributed by atoms with Crippen molar-refractivity contribution in [3.63, 3.8) is 0 Å². The van der Waals surface area contributed by atoms with Gasteiger partial charge in [0.15, 0.2) is 0 Å². The second-order valence-corrected chi connectivity index (χ2v) is 5.43. The summed E-state index contributed by atoms with van der Waals surface area (Å²) in [5, 5.41) is 7.80. The van der Waals surface area contributed by atoms with E-state index >= 15 is 0 Å². The second-order valence-electron chi connectivity index (χ2n) is 4.65. The molecule has 0 aliphatic carbocycles. The zero-order valence-electron chi connectivity index (χ0n) is 11.5. The molecular formula is C14H10Cl2N4O2. The largest absolute Gasteiger partial charge is 0.337 e. The molecule has 22 heavy (non-hydrogen) atoms. The zero-order valence-corrected chi connectivity index (χ0v) is 13.0. The normalized spacial score (nSPS) is 10.9. The molecule has 0 fully saturated rings. The van der Waals surface area contributed by atoms with Crippen molar-refractivity contribution in [2.24, 2.45) is 0 Å². The van der Waals surface area contributed by atoms with E-state index < -0.39 is 5.56 Å². The maximum Gasteiger partial charge on any atom is 0.287 e. The number of hydrogen-bond acceptors (Lipinski definition) is 5. The quantitative estimate of drug-likeness (QED) is 0.735. The number of hydrogen-bond donors (Lipinski definition) is 0. The van der Waals surface area contributed by atoms with Gasteiger partial charge in [-0.05, 0) is 6.92 Å². The number of aryl methyl sites for hydroxylation is 1. The summed E-state index contributed by atoms with van der Waals surface area (Å²) < 4.78 is 6.25. The van der Waals surface area contributed by atoms with E-state index in [1.165, 1.54) is 6.20 Å². The molecule has 0 spiro atoms. The van der Waals surface area contributed by atoms with E-state index in [1.807, 2.05) is 31.2 Å². The minimum Gasteiger partial charge on any atom is -0.337 e. The molecule has 0 aliphatic heterocycles. The maximum atomic E-state index is 11.9. The minimum atomic E-state index is -0.510. The lowest BCUT2D eigenvalue weighted by Gasteiger charge is -2.01. The monoisotopic (exact) mass is 336 g/mol. The van der Waals surface area contributed by atoms with Crippen LogP contribution in [-0.2, 0) is 6.54 Å². The van der Waals surface area contributed by atoms with E-state index in [1.54, 1.807) is 0 Å². The van der Waals surface area contributed by atoms with Crippen LogP contribution in [0.1, 0.15) is 11.5 Å². The van der Waals surface area contributed by atoms with Gasteiger partial charge in [-0.2, -0.15) is 10.1 Å². The van der Waals surface area contributed by atoms with E-state index in [0.29, 0.717) is 5.82 Å². The minimum absolute atomic E-state index is 0.0224. The molecule has 2 heterocycles. The number of aromatic nitrogens is 4. The Labute approximate surface area is 135 Å². The van der Waals surface area contributed by atoms with Gasteiger partial charge in [0.1, 0.15) is 11.6 Å². The van der Waals surface area contributed by atoms with Crippen molar-refractivity contribution < 1.29 is 4.52 Å². The van der Waals surface area contributed by atoms with Crippen LogP contribution in [-0.4, -0.2) is 19.9 Å². The highest BCUT2D eigenvalue weighted by molar-refractivity contribution is 6.41. The Bertz CT molecular complexity index is 871. The number of halogens is 2. The van der Waals surface area contributed by atoms with Crippen molar-refractivity contribution in [3.05, 3.63) is 62.3 Å². The van der Waals surface area contributed by atoms with Crippen molar-refractivity contribution in [3.8, 4) is 11.4 Å². The van der Waals surface area contributed by atoms with Gasteiger partial charge in [-0.3, -0.25) is 4.79 Å². The number of benzene rings is 1. The first kappa shape index (κ1) is 14.7. The molecule has 3 rings (SSSR count). The van der Waals surface area contributed by atoms with E-state index in [2.05, 4.69) is 15.2 Å². The van der Waals surface area contributed by atoms with E-state index in [9.17, 15) is 4.79 Å². The predicted molar refractivity (Wildman–Crippen MR) is 82.1 cm³/mol. The smallest absolute Gasteiger partial charge is 0.287 e. The lowest BCUT2D eigenvalue weighted by atomic mass is 10.1. The molecule has 6 nitrogen and oxygen atoms in total. The van der Waals surface area contributed by atoms with E-state index in [0.717, 1.165) is 15.8 Å². The van der Waals surface area contributed by atoms with Crippen LogP contribution in [0.15, 0.2) is 39.8 Å². The molecule has 1 aromatic carbocycles. The van der Waals surface area contributed by atoms with Gasteiger partial charge in [0, 0.05) is 5.56 Å². The maximum absolute atomic E-state index is 11.9. The third kappa shape index (κ3) is 2.88. The molecule has 0 radical (unpaired) electrons. The second kappa shape index (κ2) is 5.90. The van der Waals surface area contributed by atoms with Crippen molar-refractivity contribution in [2.75, 3.05) is 0 Å². The SMILES string of the molecule is Cc1ccc(-c2noc(Cn3ncc(Cl)c(Cl)c3=O)n2)cc1. The van der Waals surface area contributed by atoms with Crippen LogP contribution in [0.5, 0.6) is 0 Å². The molecule has 0 saturated heterocycles. The van der Waals surface area contributed by atoms with Crippen molar-refractivity contribution >= 4 is 23.2 Å². The summed E-state index contributed by atoms with van der Waals surface area (Å²) in [4.78, 5) is 16.1. The average molecular weight is 337 g/mol. The summed E-state index contributed by atoms with van der Waals surface area (Å²) in [6.07, 6.45) is 1.29. The van der Waals surface area contributed by atoms with Gasteiger partial charge in [-0.15, -0.1) is 0 Å². The highest BCUT2D eigenvalue weighted by atomic mass is 35.5. The predicted octanol–water partition coefficient (Wildman–Crippen LogP) is 2.96. The molecule has 0 atom stereocenters. The zero-order chi connectivity index (χ0) is 15.7. The molecule has 3 aromatic rings. The first-order valence-corrected chi connectivity index (χ1v) is 7.11. The fourth-order valence-corrected chi connectivity index (χ4v) is 2.10. The van der Waals surface area contributed by atoms with Gasteiger partial charge < -0.3 is 4.52 Å².